The number of carbonyl (C=O) groups excluding carboxylic acids is 1. The van der Waals surface area contributed by atoms with Gasteiger partial charge in [-0.05, 0) is 36.1 Å². The minimum atomic E-state index is 0.0305. The summed E-state index contributed by atoms with van der Waals surface area (Å²) in [5.74, 6) is 5.94. The third-order valence-corrected chi connectivity index (χ3v) is 2.99. The van der Waals surface area contributed by atoms with Crippen LogP contribution < -0.4 is 0 Å². The topological polar surface area (TPSA) is 40.5 Å². The normalized spacial score (nSPS) is 10.8. The molecule has 0 radical (unpaired) electrons. The Morgan fingerprint density at radius 2 is 2.00 bits per heavy atom. The first-order valence-corrected chi connectivity index (χ1v) is 7.20. The van der Waals surface area contributed by atoms with Crippen LogP contribution in [0.1, 0.15) is 48.7 Å². The number of hydrogen-bond donors (Lipinski definition) is 1. The molecule has 1 rings (SSSR count). The van der Waals surface area contributed by atoms with Crippen LogP contribution in [0.5, 0.6) is 0 Å². The van der Waals surface area contributed by atoms with Crippen molar-refractivity contribution in [1.29, 1.82) is 0 Å². The number of aliphatic hydroxyl groups is 1. The van der Waals surface area contributed by atoms with Crippen molar-refractivity contribution in [2.45, 2.75) is 34.1 Å². The van der Waals surface area contributed by atoms with Gasteiger partial charge in [0.1, 0.15) is 0 Å². The zero-order valence-electron chi connectivity index (χ0n) is 13.7. The monoisotopic (exact) mass is 287 g/mol. The molecule has 3 nitrogen and oxygen atoms in total. The summed E-state index contributed by atoms with van der Waals surface area (Å²) in [6.07, 6.45) is 0.467. The molecular weight excluding hydrogens is 262 g/mol. The maximum atomic E-state index is 12.4. The molecule has 114 valence electrons. The summed E-state index contributed by atoms with van der Waals surface area (Å²) in [6, 6.07) is 5.57. The molecule has 0 heterocycles. The van der Waals surface area contributed by atoms with Gasteiger partial charge in [0.15, 0.2) is 0 Å². The fraction of sp³-hybridized carbons (Fsp3) is 0.500. The van der Waals surface area contributed by atoms with Crippen LogP contribution in [0.2, 0.25) is 0 Å². The van der Waals surface area contributed by atoms with E-state index in [1.54, 1.807) is 4.90 Å². The number of hydrogen-bond acceptors (Lipinski definition) is 2. The van der Waals surface area contributed by atoms with Crippen molar-refractivity contribution in [1.82, 2.24) is 4.90 Å². The molecule has 0 aliphatic rings. The Balaban J connectivity index is 2.89. The third kappa shape index (κ3) is 5.61. The molecule has 0 aliphatic heterocycles. The Labute approximate surface area is 128 Å². The van der Waals surface area contributed by atoms with Crippen molar-refractivity contribution in [3.05, 3.63) is 34.9 Å². The number of rotatable bonds is 3. The molecule has 1 amide bonds. The molecule has 0 atom stereocenters. The summed E-state index contributed by atoms with van der Waals surface area (Å²) in [6.45, 7) is 9.07. The average molecular weight is 287 g/mol. The summed E-state index contributed by atoms with van der Waals surface area (Å²) < 4.78 is 0. The highest BCUT2D eigenvalue weighted by molar-refractivity contribution is 5.94. The zero-order valence-corrected chi connectivity index (χ0v) is 13.7. The van der Waals surface area contributed by atoms with Gasteiger partial charge in [0.2, 0.25) is 0 Å². The molecular formula is C18H25NO2. The van der Waals surface area contributed by atoms with Crippen molar-refractivity contribution in [2.75, 3.05) is 20.2 Å². The lowest BCUT2D eigenvalue weighted by molar-refractivity contribution is 0.0745. The molecule has 0 bridgehead atoms. The van der Waals surface area contributed by atoms with E-state index in [-0.39, 0.29) is 17.9 Å². The number of nitrogens with zero attached hydrogens (tertiary/aromatic N) is 1. The van der Waals surface area contributed by atoms with E-state index < -0.39 is 0 Å². The lowest BCUT2D eigenvalue weighted by Crippen LogP contribution is -2.34. The van der Waals surface area contributed by atoms with Crippen LogP contribution in [-0.2, 0) is 0 Å². The Bertz CT molecular complexity index is 559. The van der Waals surface area contributed by atoms with E-state index in [2.05, 4.69) is 32.6 Å². The van der Waals surface area contributed by atoms with Gasteiger partial charge in [0, 0.05) is 31.1 Å². The Hall–Kier alpha value is -1.79. The number of aryl methyl sites for hydroxylation is 1. The summed E-state index contributed by atoms with van der Waals surface area (Å²) in [5, 5.41) is 8.73. The van der Waals surface area contributed by atoms with Gasteiger partial charge >= 0.3 is 0 Å². The Morgan fingerprint density at radius 3 is 2.52 bits per heavy atom. The summed E-state index contributed by atoms with van der Waals surface area (Å²) in [7, 11) is 1.83. The molecule has 1 aromatic rings. The molecule has 3 heteroatoms. The predicted molar refractivity (Wildman–Crippen MR) is 86.2 cm³/mol. The number of amides is 1. The molecule has 1 N–H and O–H groups in total. The second-order valence-corrected chi connectivity index (χ2v) is 6.53. The van der Waals surface area contributed by atoms with E-state index in [4.69, 9.17) is 5.11 Å². The van der Waals surface area contributed by atoms with Gasteiger partial charge < -0.3 is 10.0 Å². The third-order valence-electron chi connectivity index (χ3n) is 2.99. The summed E-state index contributed by atoms with van der Waals surface area (Å²) in [4.78, 5) is 14.2. The highest BCUT2D eigenvalue weighted by Crippen LogP contribution is 2.17. The second kappa shape index (κ2) is 7.28. The molecule has 0 saturated heterocycles. The molecule has 0 fully saturated rings. The second-order valence-electron chi connectivity index (χ2n) is 6.53. The average Bonchev–Trinajstić information content (AvgIpc) is 2.38. The lowest BCUT2D eigenvalue weighted by Gasteiger charge is -2.26. The van der Waals surface area contributed by atoms with Gasteiger partial charge in [-0.1, -0.05) is 32.6 Å². The zero-order chi connectivity index (χ0) is 16.0. The molecule has 1 aromatic carbocycles. The SMILES string of the molecule is Cc1cc(C(=O)N(C)CC(C)(C)C)ccc1C#CCCO. The minimum Gasteiger partial charge on any atom is -0.395 e. The van der Waals surface area contributed by atoms with Crippen LogP contribution in [0.4, 0.5) is 0 Å². The number of benzene rings is 1. The van der Waals surface area contributed by atoms with E-state index in [0.717, 1.165) is 11.1 Å². The van der Waals surface area contributed by atoms with E-state index in [0.29, 0.717) is 18.5 Å². The van der Waals surface area contributed by atoms with Gasteiger partial charge in [0.05, 0.1) is 6.61 Å². The molecule has 21 heavy (non-hydrogen) atoms. The van der Waals surface area contributed by atoms with Crippen molar-refractivity contribution < 1.29 is 9.90 Å². The maximum Gasteiger partial charge on any atom is 0.253 e. The highest BCUT2D eigenvalue weighted by Gasteiger charge is 2.19. The highest BCUT2D eigenvalue weighted by atomic mass is 16.2. The molecule has 0 saturated carbocycles. The fourth-order valence-electron chi connectivity index (χ4n) is 2.15. The largest absolute Gasteiger partial charge is 0.395 e. The summed E-state index contributed by atoms with van der Waals surface area (Å²) in [5.41, 5.74) is 2.65. The molecule has 0 aromatic heterocycles. The first-order chi connectivity index (χ1) is 9.74. The van der Waals surface area contributed by atoms with Crippen molar-refractivity contribution in [3.8, 4) is 11.8 Å². The molecule has 0 unspecified atom stereocenters. The van der Waals surface area contributed by atoms with Crippen LogP contribution in [0.25, 0.3) is 0 Å². The van der Waals surface area contributed by atoms with Gasteiger partial charge in [-0.25, -0.2) is 0 Å². The first kappa shape index (κ1) is 17.3. The van der Waals surface area contributed by atoms with Crippen LogP contribution in [0, 0.1) is 24.2 Å². The van der Waals surface area contributed by atoms with E-state index in [9.17, 15) is 4.79 Å². The van der Waals surface area contributed by atoms with Gasteiger partial charge in [-0.3, -0.25) is 4.79 Å². The number of carbonyl (C=O) groups is 1. The van der Waals surface area contributed by atoms with Crippen LogP contribution in [-0.4, -0.2) is 36.1 Å². The van der Waals surface area contributed by atoms with E-state index >= 15 is 0 Å². The maximum absolute atomic E-state index is 12.4. The predicted octanol–water partition coefficient (Wildman–Crippen LogP) is 2.85. The first-order valence-electron chi connectivity index (χ1n) is 7.20. The van der Waals surface area contributed by atoms with Crippen LogP contribution in [0.15, 0.2) is 18.2 Å². The van der Waals surface area contributed by atoms with Crippen molar-refractivity contribution in [3.63, 3.8) is 0 Å². The van der Waals surface area contributed by atoms with Crippen LogP contribution in [0.3, 0.4) is 0 Å². The summed E-state index contributed by atoms with van der Waals surface area (Å²) >= 11 is 0. The van der Waals surface area contributed by atoms with Gasteiger partial charge in [0.25, 0.3) is 5.91 Å². The van der Waals surface area contributed by atoms with Gasteiger partial charge in [-0.2, -0.15) is 0 Å². The van der Waals surface area contributed by atoms with Crippen LogP contribution >= 0.6 is 0 Å². The van der Waals surface area contributed by atoms with Gasteiger partial charge in [-0.15, -0.1) is 0 Å². The molecule has 0 spiro atoms. The molecule has 0 aliphatic carbocycles. The Kier molecular flexibility index (Phi) is 5.99. The minimum absolute atomic E-state index is 0.0305. The van der Waals surface area contributed by atoms with E-state index in [1.165, 1.54) is 0 Å². The Morgan fingerprint density at radius 1 is 1.33 bits per heavy atom. The lowest BCUT2D eigenvalue weighted by atomic mass is 9.96. The quantitative estimate of drug-likeness (QED) is 0.868. The van der Waals surface area contributed by atoms with E-state index in [1.807, 2.05) is 32.2 Å². The fourth-order valence-corrected chi connectivity index (χ4v) is 2.15. The standard InChI is InChI=1S/C18H25NO2/c1-14-12-16(10-9-15(14)8-6-7-11-20)17(21)19(5)13-18(2,3)4/h9-10,12,20H,7,11,13H2,1-5H3. The van der Waals surface area contributed by atoms with Crippen molar-refractivity contribution >= 4 is 5.91 Å². The van der Waals surface area contributed by atoms with Crippen molar-refractivity contribution in [2.24, 2.45) is 5.41 Å². The smallest absolute Gasteiger partial charge is 0.253 e. The number of aliphatic hydroxyl groups excluding tert-OH is 1.